The average Bonchev–Trinajstić information content (AvgIpc) is 3.07. The molecule has 1 atom stereocenters. The fourth-order valence-corrected chi connectivity index (χ4v) is 3.87. The second kappa shape index (κ2) is 7.32. The van der Waals surface area contributed by atoms with E-state index in [-0.39, 0.29) is 11.8 Å². The molecule has 0 saturated carbocycles. The van der Waals surface area contributed by atoms with Gasteiger partial charge in [-0.3, -0.25) is 9.59 Å². The fourth-order valence-electron chi connectivity index (χ4n) is 3.87. The number of amides is 2. The SMILES string of the molecule is CCC(=O)N1CCC(Cc2ccccc2-c2cccc(C)c2)(C(N)=O)C1. The van der Waals surface area contributed by atoms with Crippen LogP contribution >= 0.6 is 0 Å². The number of carbonyl (C=O) groups excluding carboxylic acids is 2. The van der Waals surface area contributed by atoms with Gasteiger partial charge >= 0.3 is 0 Å². The molecule has 2 amide bonds. The Balaban J connectivity index is 1.95. The van der Waals surface area contributed by atoms with Gasteiger partial charge in [-0.15, -0.1) is 0 Å². The maximum atomic E-state index is 12.4. The number of hydrogen-bond donors (Lipinski definition) is 1. The highest BCUT2D eigenvalue weighted by Crippen LogP contribution is 2.37. The van der Waals surface area contributed by atoms with E-state index >= 15 is 0 Å². The molecule has 1 heterocycles. The Hall–Kier alpha value is -2.62. The molecule has 1 fully saturated rings. The number of hydrogen-bond acceptors (Lipinski definition) is 2. The van der Waals surface area contributed by atoms with Crippen molar-refractivity contribution in [3.63, 3.8) is 0 Å². The Morgan fingerprint density at radius 2 is 1.92 bits per heavy atom. The van der Waals surface area contributed by atoms with Gasteiger partial charge in [0.1, 0.15) is 0 Å². The number of carbonyl (C=O) groups is 2. The van der Waals surface area contributed by atoms with Crippen LogP contribution in [0.25, 0.3) is 11.1 Å². The summed E-state index contributed by atoms with van der Waals surface area (Å²) in [6.07, 6.45) is 1.63. The lowest BCUT2D eigenvalue weighted by atomic mass is 9.78. The molecule has 2 aromatic rings. The van der Waals surface area contributed by atoms with Crippen molar-refractivity contribution < 1.29 is 9.59 Å². The number of nitrogens with zero attached hydrogens (tertiary/aromatic N) is 1. The summed E-state index contributed by atoms with van der Waals surface area (Å²) >= 11 is 0. The topological polar surface area (TPSA) is 63.4 Å². The van der Waals surface area contributed by atoms with Crippen molar-refractivity contribution in [3.05, 3.63) is 59.7 Å². The van der Waals surface area contributed by atoms with Crippen LogP contribution in [0.3, 0.4) is 0 Å². The van der Waals surface area contributed by atoms with Crippen LogP contribution in [-0.4, -0.2) is 29.8 Å². The number of aryl methyl sites for hydroxylation is 1. The summed E-state index contributed by atoms with van der Waals surface area (Å²) in [5.41, 5.74) is 9.69. The summed E-state index contributed by atoms with van der Waals surface area (Å²) in [5, 5.41) is 0. The lowest BCUT2D eigenvalue weighted by molar-refractivity contribution is -0.131. The predicted octanol–water partition coefficient (Wildman–Crippen LogP) is 3.32. The molecule has 1 saturated heterocycles. The highest BCUT2D eigenvalue weighted by Gasteiger charge is 2.44. The molecule has 0 spiro atoms. The number of primary amides is 1. The first-order chi connectivity index (χ1) is 12.4. The first-order valence-electron chi connectivity index (χ1n) is 9.18. The minimum Gasteiger partial charge on any atom is -0.369 e. The van der Waals surface area contributed by atoms with Crippen molar-refractivity contribution in [2.45, 2.75) is 33.1 Å². The summed E-state index contributed by atoms with van der Waals surface area (Å²) < 4.78 is 0. The molecule has 2 N–H and O–H groups in total. The van der Waals surface area contributed by atoms with E-state index in [1.54, 1.807) is 4.90 Å². The van der Waals surface area contributed by atoms with Crippen LogP contribution in [-0.2, 0) is 16.0 Å². The van der Waals surface area contributed by atoms with Gasteiger partial charge in [-0.05, 0) is 36.5 Å². The Labute approximate surface area is 155 Å². The average molecular weight is 350 g/mol. The molecule has 26 heavy (non-hydrogen) atoms. The van der Waals surface area contributed by atoms with Gasteiger partial charge in [0, 0.05) is 19.5 Å². The molecule has 4 nitrogen and oxygen atoms in total. The van der Waals surface area contributed by atoms with Crippen LogP contribution < -0.4 is 5.73 Å². The third-order valence-corrected chi connectivity index (χ3v) is 5.41. The third-order valence-electron chi connectivity index (χ3n) is 5.41. The smallest absolute Gasteiger partial charge is 0.225 e. The van der Waals surface area contributed by atoms with E-state index in [0.29, 0.717) is 32.4 Å². The number of benzene rings is 2. The molecule has 2 aromatic carbocycles. The Kier molecular flexibility index (Phi) is 5.12. The molecule has 136 valence electrons. The van der Waals surface area contributed by atoms with Crippen LogP contribution in [0.1, 0.15) is 30.9 Å². The lowest BCUT2D eigenvalue weighted by Gasteiger charge is -2.27. The molecule has 0 aliphatic carbocycles. The standard InChI is InChI=1S/C22H26N2O2/c1-3-20(25)24-12-11-22(15-24,21(23)26)14-18-8-4-5-10-19(18)17-9-6-7-16(2)13-17/h4-10,13H,3,11-12,14-15H2,1-2H3,(H2,23,26). The van der Waals surface area contributed by atoms with Crippen LogP contribution in [0.15, 0.2) is 48.5 Å². The predicted molar refractivity (Wildman–Crippen MR) is 103 cm³/mol. The maximum Gasteiger partial charge on any atom is 0.225 e. The molecule has 0 aromatic heterocycles. The van der Waals surface area contributed by atoms with E-state index in [1.807, 2.05) is 25.1 Å². The largest absolute Gasteiger partial charge is 0.369 e. The van der Waals surface area contributed by atoms with E-state index in [4.69, 9.17) is 5.73 Å². The second-order valence-electron chi connectivity index (χ2n) is 7.27. The lowest BCUT2D eigenvalue weighted by Crippen LogP contribution is -2.42. The van der Waals surface area contributed by atoms with E-state index in [0.717, 1.165) is 16.7 Å². The van der Waals surface area contributed by atoms with Crippen LogP contribution in [0.4, 0.5) is 0 Å². The van der Waals surface area contributed by atoms with Gasteiger partial charge in [-0.25, -0.2) is 0 Å². The van der Waals surface area contributed by atoms with Crippen molar-refractivity contribution >= 4 is 11.8 Å². The van der Waals surface area contributed by atoms with Crippen molar-refractivity contribution in [2.24, 2.45) is 11.1 Å². The molecule has 0 radical (unpaired) electrons. The zero-order valence-corrected chi connectivity index (χ0v) is 15.5. The maximum absolute atomic E-state index is 12.4. The normalized spacial score (nSPS) is 19.5. The van der Waals surface area contributed by atoms with E-state index in [2.05, 4.69) is 37.3 Å². The van der Waals surface area contributed by atoms with Crippen molar-refractivity contribution in [2.75, 3.05) is 13.1 Å². The minimum atomic E-state index is -0.690. The fraction of sp³-hybridized carbons (Fsp3) is 0.364. The third kappa shape index (κ3) is 3.50. The van der Waals surface area contributed by atoms with Gasteiger partial charge in [0.2, 0.25) is 11.8 Å². The monoisotopic (exact) mass is 350 g/mol. The Morgan fingerprint density at radius 3 is 2.62 bits per heavy atom. The van der Waals surface area contributed by atoms with Crippen molar-refractivity contribution in [1.82, 2.24) is 4.90 Å². The highest BCUT2D eigenvalue weighted by atomic mass is 16.2. The summed E-state index contributed by atoms with van der Waals surface area (Å²) in [4.78, 5) is 26.2. The van der Waals surface area contributed by atoms with Gasteiger partial charge in [-0.1, -0.05) is 61.0 Å². The summed E-state index contributed by atoms with van der Waals surface area (Å²) in [7, 11) is 0. The molecule has 1 aliphatic rings. The van der Waals surface area contributed by atoms with Gasteiger partial charge in [0.05, 0.1) is 5.41 Å². The quantitative estimate of drug-likeness (QED) is 0.899. The zero-order chi connectivity index (χ0) is 18.7. The van der Waals surface area contributed by atoms with Gasteiger partial charge in [0.25, 0.3) is 0 Å². The van der Waals surface area contributed by atoms with Crippen LogP contribution in [0.2, 0.25) is 0 Å². The summed E-state index contributed by atoms with van der Waals surface area (Å²) in [5.74, 6) is -0.233. The molecule has 4 heteroatoms. The number of rotatable bonds is 5. The Morgan fingerprint density at radius 1 is 1.15 bits per heavy atom. The molecule has 1 unspecified atom stereocenters. The minimum absolute atomic E-state index is 0.0834. The highest BCUT2D eigenvalue weighted by molar-refractivity contribution is 5.85. The molecule has 0 bridgehead atoms. The number of likely N-dealkylation sites (tertiary alicyclic amines) is 1. The summed E-state index contributed by atoms with van der Waals surface area (Å²) in [6, 6.07) is 16.5. The van der Waals surface area contributed by atoms with E-state index < -0.39 is 5.41 Å². The second-order valence-corrected chi connectivity index (χ2v) is 7.27. The molecule has 1 aliphatic heterocycles. The van der Waals surface area contributed by atoms with Gasteiger partial charge in [-0.2, -0.15) is 0 Å². The van der Waals surface area contributed by atoms with Gasteiger partial charge in [0.15, 0.2) is 0 Å². The Bertz CT molecular complexity index is 830. The van der Waals surface area contributed by atoms with E-state index in [9.17, 15) is 9.59 Å². The summed E-state index contributed by atoms with van der Waals surface area (Å²) in [6.45, 7) is 4.93. The zero-order valence-electron chi connectivity index (χ0n) is 15.5. The van der Waals surface area contributed by atoms with Crippen LogP contribution in [0, 0.1) is 12.3 Å². The molecular weight excluding hydrogens is 324 g/mol. The molecular formula is C22H26N2O2. The number of nitrogens with two attached hydrogens (primary N) is 1. The van der Waals surface area contributed by atoms with Crippen molar-refractivity contribution in [3.8, 4) is 11.1 Å². The van der Waals surface area contributed by atoms with E-state index in [1.165, 1.54) is 5.56 Å². The molecule has 3 rings (SSSR count). The van der Waals surface area contributed by atoms with Crippen molar-refractivity contribution in [1.29, 1.82) is 0 Å². The van der Waals surface area contributed by atoms with Gasteiger partial charge < -0.3 is 10.6 Å². The first-order valence-corrected chi connectivity index (χ1v) is 9.18. The van der Waals surface area contributed by atoms with Crippen LogP contribution in [0.5, 0.6) is 0 Å². The first kappa shape index (κ1) is 18.2.